The van der Waals surface area contributed by atoms with E-state index in [2.05, 4.69) is 18.9 Å². The summed E-state index contributed by atoms with van der Waals surface area (Å²) in [6, 6.07) is 12.5. The molecule has 2 N–H and O–H groups in total. The molecule has 0 aliphatic heterocycles. The maximum Gasteiger partial charge on any atom is 0.0975 e. The van der Waals surface area contributed by atoms with Crippen molar-refractivity contribution in [2.75, 3.05) is 7.11 Å². The average molecular weight is 287 g/mol. The zero-order valence-electron chi connectivity index (χ0n) is 13.1. The lowest BCUT2D eigenvalue weighted by Gasteiger charge is -2.22. The molecule has 0 aliphatic carbocycles. The van der Waals surface area contributed by atoms with E-state index < -0.39 is 0 Å². The highest BCUT2D eigenvalue weighted by molar-refractivity contribution is 5.20. The normalized spacial score (nSPS) is 15.6. The summed E-state index contributed by atoms with van der Waals surface area (Å²) >= 11 is 0. The molecule has 0 amide bonds. The average Bonchev–Trinajstić information content (AvgIpc) is 2.96. The zero-order chi connectivity index (χ0) is 15.2. The SMILES string of the molecule is CCC(C)n1ccc(CC(N)C(OC)c2ccccc2)n1. The summed E-state index contributed by atoms with van der Waals surface area (Å²) < 4.78 is 7.59. The van der Waals surface area contributed by atoms with Crippen LogP contribution in [0.4, 0.5) is 0 Å². The molecule has 1 aromatic heterocycles. The highest BCUT2D eigenvalue weighted by Crippen LogP contribution is 2.21. The Kier molecular flexibility index (Phi) is 5.53. The van der Waals surface area contributed by atoms with Crippen LogP contribution in [0.2, 0.25) is 0 Å². The van der Waals surface area contributed by atoms with Crippen LogP contribution in [0.5, 0.6) is 0 Å². The third-order valence-electron chi connectivity index (χ3n) is 3.92. The number of nitrogens with two attached hydrogens (primary N) is 1. The minimum absolute atomic E-state index is 0.111. The Hall–Kier alpha value is -1.65. The first-order chi connectivity index (χ1) is 10.2. The van der Waals surface area contributed by atoms with Gasteiger partial charge >= 0.3 is 0 Å². The second-order valence-corrected chi connectivity index (χ2v) is 5.48. The molecule has 0 bridgehead atoms. The van der Waals surface area contributed by atoms with Gasteiger partial charge in [0, 0.05) is 31.8 Å². The van der Waals surface area contributed by atoms with Crippen molar-refractivity contribution in [2.45, 2.75) is 44.9 Å². The van der Waals surface area contributed by atoms with Gasteiger partial charge in [-0.15, -0.1) is 0 Å². The van der Waals surface area contributed by atoms with Crippen molar-refractivity contribution in [3.8, 4) is 0 Å². The van der Waals surface area contributed by atoms with E-state index >= 15 is 0 Å². The van der Waals surface area contributed by atoms with Crippen molar-refractivity contribution in [1.82, 2.24) is 9.78 Å². The molecule has 3 atom stereocenters. The Morgan fingerprint density at radius 3 is 2.57 bits per heavy atom. The van der Waals surface area contributed by atoms with Gasteiger partial charge < -0.3 is 10.5 Å². The van der Waals surface area contributed by atoms with Gasteiger partial charge in [0.15, 0.2) is 0 Å². The number of rotatable bonds is 7. The lowest BCUT2D eigenvalue weighted by molar-refractivity contribution is 0.0799. The molecule has 0 spiro atoms. The highest BCUT2D eigenvalue weighted by atomic mass is 16.5. The first-order valence-electron chi connectivity index (χ1n) is 7.53. The van der Waals surface area contributed by atoms with Gasteiger partial charge in [0.25, 0.3) is 0 Å². The molecule has 0 saturated carbocycles. The molecule has 0 fully saturated rings. The van der Waals surface area contributed by atoms with Crippen LogP contribution in [-0.2, 0) is 11.2 Å². The van der Waals surface area contributed by atoms with Crippen molar-refractivity contribution in [2.24, 2.45) is 5.73 Å². The highest BCUT2D eigenvalue weighted by Gasteiger charge is 2.20. The molecule has 2 aromatic rings. The van der Waals surface area contributed by atoms with Crippen LogP contribution in [0, 0.1) is 0 Å². The molecule has 114 valence electrons. The Bertz CT molecular complexity index is 538. The minimum atomic E-state index is -0.113. The minimum Gasteiger partial charge on any atom is -0.375 e. The van der Waals surface area contributed by atoms with E-state index in [9.17, 15) is 0 Å². The summed E-state index contributed by atoms with van der Waals surface area (Å²) in [7, 11) is 1.70. The second kappa shape index (κ2) is 7.38. The van der Waals surface area contributed by atoms with E-state index in [1.807, 2.05) is 47.3 Å². The Morgan fingerprint density at radius 1 is 1.24 bits per heavy atom. The molecule has 21 heavy (non-hydrogen) atoms. The third-order valence-corrected chi connectivity index (χ3v) is 3.92. The number of methoxy groups -OCH3 is 1. The molecule has 1 aromatic carbocycles. The van der Waals surface area contributed by atoms with Gasteiger partial charge in [0.05, 0.1) is 11.8 Å². The number of aromatic nitrogens is 2. The predicted octanol–water partition coefficient (Wildman–Crippen LogP) is 3.11. The van der Waals surface area contributed by atoms with Crippen LogP contribution in [0.15, 0.2) is 42.6 Å². The van der Waals surface area contributed by atoms with Crippen LogP contribution in [0.3, 0.4) is 0 Å². The molecular weight excluding hydrogens is 262 g/mol. The summed E-state index contributed by atoms with van der Waals surface area (Å²) in [5.74, 6) is 0. The molecule has 1 heterocycles. The van der Waals surface area contributed by atoms with E-state index in [-0.39, 0.29) is 12.1 Å². The number of benzene rings is 1. The monoisotopic (exact) mass is 287 g/mol. The molecule has 3 unspecified atom stereocenters. The molecular formula is C17H25N3O. The van der Waals surface area contributed by atoms with Crippen molar-refractivity contribution >= 4 is 0 Å². The van der Waals surface area contributed by atoms with Gasteiger partial charge in [-0.1, -0.05) is 37.3 Å². The third kappa shape index (κ3) is 3.93. The van der Waals surface area contributed by atoms with Crippen LogP contribution in [0.25, 0.3) is 0 Å². The van der Waals surface area contributed by atoms with E-state index in [1.165, 1.54) is 0 Å². The van der Waals surface area contributed by atoms with Gasteiger partial charge in [0.1, 0.15) is 0 Å². The summed E-state index contributed by atoms with van der Waals surface area (Å²) in [6.45, 7) is 4.33. The zero-order valence-corrected chi connectivity index (χ0v) is 13.1. The van der Waals surface area contributed by atoms with E-state index in [0.717, 1.165) is 17.7 Å². The smallest absolute Gasteiger partial charge is 0.0975 e. The Balaban J connectivity index is 2.06. The molecule has 0 saturated heterocycles. The van der Waals surface area contributed by atoms with E-state index in [0.29, 0.717) is 12.5 Å². The number of hydrogen-bond acceptors (Lipinski definition) is 3. The first-order valence-corrected chi connectivity index (χ1v) is 7.53. The van der Waals surface area contributed by atoms with Gasteiger partial charge in [-0.05, 0) is 25.0 Å². The predicted molar refractivity (Wildman–Crippen MR) is 85.1 cm³/mol. The fraction of sp³-hybridized carbons (Fsp3) is 0.471. The number of ether oxygens (including phenoxy) is 1. The summed E-state index contributed by atoms with van der Waals surface area (Å²) in [6.07, 6.45) is 3.69. The summed E-state index contributed by atoms with van der Waals surface area (Å²) in [5, 5.41) is 4.61. The van der Waals surface area contributed by atoms with Crippen molar-refractivity contribution in [1.29, 1.82) is 0 Å². The molecule has 4 nitrogen and oxygen atoms in total. The Labute approximate surface area is 126 Å². The van der Waals surface area contributed by atoms with Crippen LogP contribution >= 0.6 is 0 Å². The topological polar surface area (TPSA) is 53.1 Å². The van der Waals surface area contributed by atoms with Gasteiger partial charge in [0.2, 0.25) is 0 Å². The Morgan fingerprint density at radius 2 is 1.95 bits per heavy atom. The lowest BCUT2D eigenvalue weighted by Crippen LogP contribution is -2.32. The largest absolute Gasteiger partial charge is 0.375 e. The van der Waals surface area contributed by atoms with Crippen LogP contribution < -0.4 is 5.73 Å². The summed E-state index contributed by atoms with van der Waals surface area (Å²) in [5.41, 5.74) is 8.46. The van der Waals surface area contributed by atoms with Crippen LogP contribution in [0.1, 0.15) is 43.7 Å². The molecule has 0 aliphatic rings. The lowest BCUT2D eigenvalue weighted by atomic mass is 9.99. The van der Waals surface area contributed by atoms with Crippen molar-refractivity contribution in [3.63, 3.8) is 0 Å². The van der Waals surface area contributed by atoms with Crippen molar-refractivity contribution < 1.29 is 4.74 Å². The van der Waals surface area contributed by atoms with E-state index in [4.69, 9.17) is 10.5 Å². The summed E-state index contributed by atoms with van der Waals surface area (Å²) in [4.78, 5) is 0. The number of nitrogens with zero attached hydrogens (tertiary/aromatic N) is 2. The maximum atomic E-state index is 6.34. The molecule has 2 rings (SSSR count). The first kappa shape index (κ1) is 15.7. The number of hydrogen-bond donors (Lipinski definition) is 1. The van der Waals surface area contributed by atoms with Gasteiger partial charge in [-0.3, -0.25) is 4.68 Å². The molecule has 4 heteroatoms. The second-order valence-electron chi connectivity index (χ2n) is 5.48. The quantitative estimate of drug-likeness (QED) is 0.851. The standard InChI is InChI=1S/C17H25N3O/c1-4-13(2)20-11-10-15(19-20)12-16(18)17(21-3)14-8-6-5-7-9-14/h5-11,13,16-17H,4,12,18H2,1-3H3. The van der Waals surface area contributed by atoms with Crippen LogP contribution in [-0.4, -0.2) is 22.9 Å². The van der Waals surface area contributed by atoms with E-state index in [1.54, 1.807) is 7.11 Å². The van der Waals surface area contributed by atoms with Gasteiger partial charge in [-0.2, -0.15) is 5.10 Å². The molecule has 0 radical (unpaired) electrons. The fourth-order valence-electron chi connectivity index (χ4n) is 2.47. The van der Waals surface area contributed by atoms with Gasteiger partial charge in [-0.25, -0.2) is 0 Å². The van der Waals surface area contributed by atoms with Crippen molar-refractivity contribution in [3.05, 3.63) is 53.9 Å². The maximum absolute atomic E-state index is 6.34. The fourth-order valence-corrected chi connectivity index (χ4v) is 2.47.